The van der Waals surface area contributed by atoms with Gasteiger partial charge in [0.05, 0.1) is 19.8 Å². The Hall–Kier alpha value is -2.97. The average Bonchev–Trinajstić information content (AvgIpc) is 2.95. The number of hydrogen-bond donors (Lipinski definition) is 2. The summed E-state index contributed by atoms with van der Waals surface area (Å²) in [4.78, 5) is 39.4. The van der Waals surface area contributed by atoms with Crippen molar-refractivity contribution in [2.24, 2.45) is 0 Å². The van der Waals surface area contributed by atoms with Crippen molar-refractivity contribution >= 4 is 41.3 Å². The summed E-state index contributed by atoms with van der Waals surface area (Å²) in [6.07, 6.45) is 0. The van der Waals surface area contributed by atoms with E-state index in [1.807, 2.05) is 13.8 Å². The number of hydrogen-bond acceptors (Lipinski definition) is 8. The Morgan fingerprint density at radius 2 is 1.69 bits per heavy atom. The number of ether oxygens (including phenoxy) is 2. The Labute approximate surface area is 234 Å². The minimum atomic E-state index is -0.979. The van der Waals surface area contributed by atoms with E-state index in [4.69, 9.17) is 26.3 Å². The zero-order valence-electron chi connectivity index (χ0n) is 21.8. The number of benzene rings is 2. The van der Waals surface area contributed by atoms with Gasteiger partial charge >= 0.3 is 11.8 Å². The van der Waals surface area contributed by atoms with E-state index in [0.29, 0.717) is 31.3 Å². The maximum absolute atomic E-state index is 14.7. The molecular formula is C25H31ClF2N4O6S. The van der Waals surface area contributed by atoms with Gasteiger partial charge in [-0.3, -0.25) is 19.6 Å². The number of carbonyl (C=O) groups excluding carboxylic acids is 3. The van der Waals surface area contributed by atoms with Gasteiger partial charge in [-0.1, -0.05) is 25.4 Å². The molecule has 1 heterocycles. The summed E-state index contributed by atoms with van der Waals surface area (Å²) in [5.74, 6) is -4.58. The van der Waals surface area contributed by atoms with Crippen molar-refractivity contribution in [3.8, 4) is 11.5 Å². The van der Waals surface area contributed by atoms with Crippen molar-refractivity contribution in [3.63, 3.8) is 0 Å². The van der Waals surface area contributed by atoms with Crippen LogP contribution < -0.4 is 10.2 Å². The molecule has 1 aliphatic heterocycles. The highest BCUT2D eigenvalue weighted by atomic mass is 35.5. The van der Waals surface area contributed by atoms with Crippen LogP contribution in [0.5, 0.6) is 11.5 Å². The van der Waals surface area contributed by atoms with Crippen LogP contribution in [0.25, 0.3) is 0 Å². The van der Waals surface area contributed by atoms with Crippen LogP contribution in [0, 0.1) is 11.6 Å². The summed E-state index contributed by atoms with van der Waals surface area (Å²) in [5, 5.41) is 9.34. The van der Waals surface area contributed by atoms with Crippen LogP contribution in [0.15, 0.2) is 41.3 Å². The monoisotopic (exact) mass is 588 g/mol. The molecule has 0 atom stereocenters. The fourth-order valence-electron chi connectivity index (χ4n) is 3.24. The molecule has 0 aliphatic carbocycles. The molecule has 0 saturated carbocycles. The number of hydroxylamine groups is 1. The van der Waals surface area contributed by atoms with Crippen LogP contribution in [0.2, 0.25) is 5.02 Å². The molecule has 0 unspecified atom stereocenters. The molecule has 0 radical (unpaired) electrons. The molecule has 3 amide bonds. The molecular weight excluding hydrogens is 558 g/mol. The number of carbonyl (C=O) groups is 3. The lowest BCUT2D eigenvalue weighted by atomic mass is 10.3. The third-order valence-electron chi connectivity index (χ3n) is 5.20. The fourth-order valence-corrected chi connectivity index (χ4v) is 4.33. The molecule has 0 bridgehead atoms. The molecule has 0 spiro atoms. The first kappa shape index (κ1) is 32.2. The van der Waals surface area contributed by atoms with Crippen LogP contribution in [0.1, 0.15) is 13.8 Å². The Bertz CT molecular complexity index is 1100. The van der Waals surface area contributed by atoms with E-state index < -0.39 is 35.1 Å². The second-order valence-electron chi connectivity index (χ2n) is 7.89. The normalized spacial score (nSPS) is 12.9. The SMILES string of the molecule is CC.CN(CCN(CC(=O)NO)Sc1cc(F)c(Oc2ccc(Cl)cc2)c(F)c1)C(=O)C(=O)N1CCOCC1. The first-order valence-corrected chi connectivity index (χ1v) is 13.2. The summed E-state index contributed by atoms with van der Waals surface area (Å²) in [7, 11) is 1.43. The molecule has 2 N–H and O–H groups in total. The smallest absolute Gasteiger partial charge is 0.312 e. The topological polar surface area (TPSA) is 112 Å². The van der Waals surface area contributed by atoms with Gasteiger partial charge in [-0.25, -0.2) is 18.6 Å². The molecule has 2 aromatic carbocycles. The minimum absolute atomic E-state index is 0.0172. The average molecular weight is 589 g/mol. The molecule has 214 valence electrons. The largest absolute Gasteiger partial charge is 0.451 e. The fraction of sp³-hybridized carbons (Fsp3) is 0.400. The van der Waals surface area contributed by atoms with Crippen molar-refractivity contribution in [1.29, 1.82) is 0 Å². The first-order valence-electron chi connectivity index (χ1n) is 12.1. The van der Waals surface area contributed by atoms with Crippen LogP contribution >= 0.6 is 23.5 Å². The standard InChI is InChI=1S/C23H25ClF2N4O6S.C2H6/c1-28(22(32)23(33)29-8-10-35-11-9-29)6-7-30(14-20(31)27-34)37-17-12-18(25)21(19(26)13-17)36-16-4-2-15(24)3-5-16;1-2/h2-5,12-13,34H,6-11,14H2,1H3,(H,27,31);1-2H3. The van der Waals surface area contributed by atoms with Gasteiger partial charge in [0.25, 0.3) is 5.91 Å². The second kappa shape index (κ2) is 16.2. The molecule has 1 fully saturated rings. The molecule has 14 heteroatoms. The maximum atomic E-state index is 14.7. The molecule has 1 saturated heterocycles. The van der Waals surface area contributed by atoms with Crippen molar-refractivity contribution in [2.45, 2.75) is 18.7 Å². The number of amides is 3. The first-order chi connectivity index (χ1) is 18.7. The highest BCUT2D eigenvalue weighted by Crippen LogP contribution is 2.33. The highest BCUT2D eigenvalue weighted by molar-refractivity contribution is 7.97. The van der Waals surface area contributed by atoms with E-state index in [1.54, 1.807) is 0 Å². The number of nitrogens with zero attached hydrogens (tertiary/aromatic N) is 3. The lowest BCUT2D eigenvalue weighted by molar-refractivity contribution is -0.153. The third kappa shape index (κ3) is 9.93. The van der Waals surface area contributed by atoms with Crippen molar-refractivity contribution in [3.05, 3.63) is 53.1 Å². The van der Waals surface area contributed by atoms with Crippen LogP contribution in [0.3, 0.4) is 0 Å². The number of morpholine rings is 1. The highest BCUT2D eigenvalue weighted by Gasteiger charge is 2.27. The van der Waals surface area contributed by atoms with Crippen LogP contribution in [-0.2, 0) is 19.1 Å². The Balaban J connectivity index is 0.00000260. The summed E-state index contributed by atoms with van der Waals surface area (Å²) in [6.45, 7) is 5.00. The number of nitrogens with one attached hydrogen (secondary N) is 1. The number of likely N-dealkylation sites (N-methyl/N-ethyl adjacent to an activating group) is 1. The van der Waals surface area contributed by atoms with E-state index in [1.165, 1.54) is 50.9 Å². The second-order valence-corrected chi connectivity index (χ2v) is 9.50. The summed E-state index contributed by atoms with van der Waals surface area (Å²) >= 11 is 6.63. The predicted octanol–water partition coefficient (Wildman–Crippen LogP) is 3.57. The van der Waals surface area contributed by atoms with Gasteiger partial charge in [-0.2, -0.15) is 0 Å². The molecule has 10 nitrogen and oxygen atoms in total. The lowest BCUT2D eigenvalue weighted by Crippen LogP contribution is -2.49. The summed E-state index contributed by atoms with van der Waals surface area (Å²) in [5.41, 5.74) is 1.49. The quantitative estimate of drug-likeness (QED) is 0.198. The summed E-state index contributed by atoms with van der Waals surface area (Å²) < 4.78 is 41.2. The number of halogens is 3. The Kier molecular flexibility index (Phi) is 13.4. The van der Waals surface area contributed by atoms with Gasteiger partial charge in [-0.05, 0) is 48.3 Å². The molecule has 3 rings (SSSR count). The van der Waals surface area contributed by atoms with E-state index in [9.17, 15) is 23.2 Å². The lowest BCUT2D eigenvalue weighted by Gasteiger charge is -2.29. The molecule has 2 aromatic rings. The van der Waals surface area contributed by atoms with E-state index in [-0.39, 0.29) is 30.3 Å². The Morgan fingerprint density at radius 3 is 2.26 bits per heavy atom. The molecule has 0 aromatic heterocycles. The minimum Gasteiger partial charge on any atom is -0.451 e. The van der Waals surface area contributed by atoms with Crippen molar-refractivity contribution in [1.82, 2.24) is 19.6 Å². The van der Waals surface area contributed by atoms with Crippen molar-refractivity contribution < 1.29 is 37.8 Å². The van der Waals surface area contributed by atoms with Gasteiger partial charge in [0.15, 0.2) is 17.4 Å². The van der Waals surface area contributed by atoms with E-state index >= 15 is 0 Å². The van der Waals surface area contributed by atoms with Crippen LogP contribution in [-0.4, -0.2) is 90.0 Å². The van der Waals surface area contributed by atoms with Gasteiger partial charge < -0.3 is 19.3 Å². The third-order valence-corrected chi connectivity index (χ3v) is 6.47. The van der Waals surface area contributed by atoms with Gasteiger partial charge in [0, 0.05) is 43.1 Å². The predicted molar refractivity (Wildman–Crippen MR) is 142 cm³/mol. The maximum Gasteiger partial charge on any atom is 0.312 e. The zero-order chi connectivity index (χ0) is 28.9. The molecule has 1 aliphatic rings. The van der Waals surface area contributed by atoms with E-state index in [2.05, 4.69) is 0 Å². The Morgan fingerprint density at radius 1 is 1.10 bits per heavy atom. The molecule has 39 heavy (non-hydrogen) atoms. The van der Waals surface area contributed by atoms with Gasteiger partial charge in [-0.15, -0.1) is 0 Å². The van der Waals surface area contributed by atoms with Gasteiger partial charge in [0.1, 0.15) is 5.75 Å². The van der Waals surface area contributed by atoms with Gasteiger partial charge in [0.2, 0.25) is 0 Å². The van der Waals surface area contributed by atoms with Crippen LogP contribution in [0.4, 0.5) is 8.78 Å². The van der Waals surface area contributed by atoms with E-state index in [0.717, 1.165) is 24.1 Å². The summed E-state index contributed by atoms with van der Waals surface area (Å²) in [6, 6.07) is 8.00. The zero-order valence-corrected chi connectivity index (χ0v) is 23.4. The number of rotatable bonds is 9. The van der Waals surface area contributed by atoms with Crippen molar-refractivity contribution in [2.75, 3.05) is 53.0 Å².